The highest BCUT2D eigenvalue weighted by Crippen LogP contribution is 2.38. The van der Waals surface area contributed by atoms with Crippen molar-refractivity contribution in [2.75, 3.05) is 0 Å². The molecule has 0 aliphatic heterocycles. The van der Waals surface area contributed by atoms with E-state index >= 15 is 0 Å². The summed E-state index contributed by atoms with van der Waals surface area (Å²) in [6, 6.07) is 0. The molecule has 1 heterocycles. The van der Waals surface area contributed by atoms with Crippen LogP contribution in [0.5, 0.6) is 0 Å². The van der Waals surface area contributed by atoms with E-state index < -0.39 is 11.0 Å². The van der Waals surface area contributed by atoms with Crippen molar-refractivity contribution in [1.82, 2.24) is 9.97 Å². The van der Waals surface area contributed by atoms with Gasteiger partial charge in [0.05, 0.1) is 0 Å². The number of unbranched alkanes of at least 4 members (excludes halogenated alkanes) is 1. The quantitative estimate of drug-likeness (QED) is 0.797. The van der Waals surface area contributed by atoms with E-state index in [1.165, 1.54) is 6.33 Å². The molecular weight excluding hydrogens is 212 g/mol. The summed E-state index contributed by atoms with van der Waals surface area (Å²) < 4.78 is 0. The van der Waals surface area contributed by atoms with E-state index in [4.69, 9.17) is 0 Å². The monoisotopic (exact) mass is 232 g/mol. The molecule has 0 amide bonds. The molecule has 3 heteroatoms. The number of aliphatic hydroxyl groups is 1. The smallest absolute Gasteiger partial charge is 0.158 e. The minimum atomic E-state index is -1.20. The molecular formula is C14H20N2O. The third-order valence-corrected chi connectivity index (χ3v) is 2.71. The fourth-order valence-electron chi connectivity index (χ4n) is 1.49. The molecule has 0 radical (unpaired) electrons. The molecule has 0 fully saturated rings. The van der Waals surface area contributed by atoms with Gasteiger partial charge in [0.2, 0.25) is 0 Å². The number of nitrogens with zero attached hydrogens (tertiary/aromatic N) is 2. The molecule has 0 aliphatic rings. The van der Waals surface area contributed by atoms with Crippen LogP contribution in [0.25, 0.3) is 0 Å². The van der Waals surface area contributed by atoms with Crippen molar-refractivity contribution in [3.05, 3.63) is 24.3 Å². The summed E-state index contributed by atoms with van der Waals surface area (Å²) in [7, 11) is 0. The standard InChI is InChI=1S/C14H20N2O/c1-5-6-7-8-14(17,13(2,3)4)12-9-15-11-16-10-12/h9-11,17H,5-6H2,1-4H3. The van der Waals surface area contributed by atoms with Crippen molar-refractivity contribution in [1.29, 1.82) is 0 Å². The largest absolute Gasteiger partial charge is 0.373 e. The molecule has 1 unspecified atom stereocenters. The summed E-state index contributed by atoms with van der Waals surface area (Å²) in [5.41, 5.74) is -0.946. The number of hydrogen-bond donors (Lipinski definition) is 1. The molecule has 1 aromatic heterocycles. The van der Waals surface area contributed by atoms with Crippen LogP contribution >= 0.6 is 0 Å². The van der Waals surface area contributed by atoms with Crippen molar-refractivity contribution in [2.24, 2.45) is 5.41 Å². The molecule has 1 atom stereocenters. The normalized spacial score (nSPS) is 14.6. The van der Waals surface area contributed by atoms with Crippen LogP contribution in [-0.4, -0.2) is 15.1 Å². The van der Waals surface area contributed by atoms with E-state index in [2.05, 4.69) is 28.7 Å². The lowest BCUT2D eigenvalue weighted by molar-refractivity contribution is -0.00967. The second kappa shape index (κ2) is 5.29. The Kier molecular flexibility index (Phi) is 4.25. The predicted octanol–water partition coefficient (Wildman–Crippen LogP) is 2.51. The minimum Gasteiger partial charge on any atom is -0.373 e. The molecule has 3 nitrogen and oxygen atoms in total. The summed E-state index contributed by atoms with van der Waals surface area (Å²) in [6.45, 7) is 7.94. The van der Waals surface area contributed by atoms with Gasteiger partial charge in [0, 0.05) is 29.8 Å². The van der Waals surface area contributed by atoms with Gasteiger partial charge in [0.1, 0.15) is 6.33 Å². The fourth-order valence-corrected chi connectivity index (χ4v) is 1.49. The van der Waals surface area contributed by atoms with Gasteiger partial charge in [-0.25, -0.2) is 9.97 Å². The van der Waals surface area contributed by atoms with Gasteiger partial charge in [-0.1, -0.05) is 39.5 Å². The minimum absolute atomic E-state index is 0.390. The van der Waals surface area contributed by atoms with Crippen LogP contribution in [0, 0.1) is 17.3 Å². The summed E-state index contributed by atoms with van der Waals surface area (Å²) in [4.78, 5) is 7.91. The number of rotatable bonds is 2. The van der Waals surface area contributed by atoms with Crippen LogP contribution in [0.2, 0.25) is 0 Å². The summed E-state index contributed by atoms with van der Waals surface area (Å²) in [5, 5.41) is 10.8. The first-order valence-corrected chi connectivity index (χ1v) is 5.89. The van der Waals surface area contributed by atoms with Gasteiger partial charge in [0.25, 0.3) is 0 Å². The highest BCUT2D eigenvalue weighted by Gasteiger charge is 2.40. The molecule has 0 spiro atoms. The third-order valence-electron chi connectivity index (χ3n) is 2.71. The average Bonchev–Trinajstić information content (AvgIpc) is 2.29. The Balaban J connectivity index is 3.18. The van der Waals surface area contributed by atoms with E-state index in [1.807, 2.05) is 20.8 Å². The van der Waals surface area contributed by atoms with E-state index in [9.17, 15) is 5.11 Å². The van der Waals surface area contributed by atoms with Crippen LogP contribution in [0.1, 0.15) is 46.1 Å². The Morgan fingerprint density at radius 3 is 2.29 bits per heavy atom. The topological polar surface area (TPSA) is 46.0 Å². The predicted molar refractivity (Wildman–Crippen MR) is 68.1 cm³/mol. The molecule has 92 valence electrons. The Labute approximate surface area is 103 Å². The molecule has 0 bridgehead atoms. The molecule has 0 aliphatic carbocycles. The second-order valence-electron chi connectivity index (χ2n) is 5.14. The summed E-state index contributed by atoms with van der Waals surface area (Å²) >= 11 is 0. The molecule has 0 saturated carbocycles. The van der Waals surface area contributed by atoms with Crippen LogP contribution in [-0.2, 0) is 5.60 Å². The molecule has 1 aromatic rings. The maximum Gasteiger partial charge on any atom is 0.158 e. The van der Waals surface area contributed by atoms with Gasteiger partial charge in [-0.05, 0) is 6.42 Å². The van der Waals surface area contributed by atoms with Gasteiger partial charge < -0.3 is 5.11 Å². The van der Waals surface area contributed by atoms with Gasteiger partial charge in [0.15, 0.2) is 5.60 Å². The lowest BCUT2D eigenvalue weighted by Crippen LogP contribution is -2.39. The molecule has 1 rings (SSSR count). The van der Waals surface area contributed by atoms with E-state index in [0.29, 0.717) is 5.56 Å². The first-order valence-electron chi connectivity index (χ1n) is 5.89. The lowest BCUT2D eigenvalue weighted by Gasteiger charge is -2.35. The van der Waals surface area contributed by atoms with Crippen LogP contribution in [0.3, 0.4) is 0 Å². The third kappa shape index (κ3) is 3.04. The van der Waals surface area contributed by atoms with Gasteiger partial charge in [-0.3, -0.25) is 0 Å². The summed E-state index contributed by atoms with van der Waals surface area (Å²) in [6.07, 6.45) is 6.47. The molecule has 0 saturated heterocycles. The Morgan fingerprint density at radius 2 is 1.82 bits per heavy atom. The average molecular weight is 232 g/mol. The van der Waals surface area contributed by atoms with Gasteiger partial charge in [-0.2, -0.15) is 0 Å². The number of aromatic nitrogens is 2. The molecule has 0 aromatic carbocycles. The van der Waals surface area contributed by atoms with Crippen LogP contribution < -0.4 is 0 Å². The first kappa shape index (κ1) is 13.7. The number of hydrogen-bond acceptors (Lipinski definition) is 3. The zero-order valence-corrected chi connectivity index (χ0v) is 11.0. The highest BCUT2D eigenvalue weighted by atomic mass is 16.3. The first-order chi connectivity index (χ1) is 7.92. The Morgan fingerprint density at radius 1 is 1.24 bits per heavy atom. The summed E-state index contributed by atoms with van der Waals surface area (Å²) in [5.74, 6) is 6.00. The zero-order valence-electron chi connectivity index (χ0n) is 11.0. The Hall–Kier alpha value is -1.40. The van der Waals surface area contributed by atoms with Crippen molar-refractivity contribution in [3.8, 4) is 11.8 Å². The van der Waals surface area contributed by atoms with E-state index in [1.54, 1.807) is 12.4 Å². The van der Waals surface area contributed by atoms with E-state index in [-0.39, 0.29) is 0 Å². The molecule has 1 N–H and O–H groups in total. The van der Waals surface area contributed by atoms with Crippen molar-refractivity contribution in [3.63, 3.8) is 0 Å². The molecule has 17 heavy (non-hydrogen) atoms. The lowest BCUT2D eigenvalue weighted by atomic mass is 9.73. The highest BCUT2D eigenvalue weighted by molar-refractivity contribution is 5.31. The van der Waals surface area contributed by atoms with Crippen molar-refractivity contribution >= 4 is 0 Å². The fraction of sp³-hybridized carbons (Fsp3) is 0.571. The van der Waals surface area contributed by atoms with E-state index in [0.717, 1.165) is 12.8 Å². The van der Waals surface area contributed by atoms with Gasteiger partial charge in [-0.15, -0.1) is 0 Å². The maximum absolute atomic E-state index is 10.8. The maximum atomic E-state index is 10.8. The van der Waals surface area contributed by atoms with Crippen LogP contribution in [0.15, 0.2) is 18.7 Å². The Bertz CT molecular complexity index is 411. The van der Waals surface area contributed by atoms with Gasteiger partial charge >= 0.3 is 0 Å². The SMILES string of the molecule is CCCC#CC(O)(c1cncnc1)C(C)(C)C. The second-order valence-corrected chi connectivity index (χ2v) is 5.14. The van der Waals surface area contributed by atoms with Crippen LogP contribution in [0.4, 0.5) is 0 Å². The van der Waals surface area contributed by atoms with Crippen molar-refractivity contribution < 1.29 is 5.11 Å². The zero-order chi connectivity index (χ0) is 12.9. The van der Waals surface area contributed by atoms with Crippen molar-refractivity contribution in [2.45, 2.75) is 46.1 Å².